The monoisotopic (exact) mass is 248 g/mol. The van der Waals surface area contributed by atoms with Crippen molar-refractivity contribution < 1.29 is 14.0 Å². The van der Waals surface area contributed by atoms with E-state index in [-0.39, 0.29) is 0 Å². The van der Waals surface area contributed by atoms with E-state index in [1.807, 2.05) is 25.6 Å². The average molecular weight is 248 g/mol. The Labute approximate surface area is 105 Å². The van der Waals surface area contributed by atoms with Crippen LogP contribution < -0.4 is 0 Å². The van der Waals surface area contributed by atoms with Crippen molar-refractivity contribution in [3.63, 3.8) is 0 Å². The van der Waals surface area contributed by atoms with E-state index in [1.165, 1.54) is 12.2 Å². The summed E-state index contributed by atoms with van der Waals surface area (Å²) in [4.78, 5) is 0. The van der Waals surface area contributed by atoms with Gasteiger partial charge in [0.15, 0.2) is 0 Å². The number of hydrogen-bond acceptors (Lipinski definition) is 4. The third-order valence-electron chi connectivity index (χ3n) is 1.93. The Morgan fingerprint density at radius 1 is 1.00 bits per heavy atom. The molecule has 96 valence electrons. The van der Waals surface area contributed by atoms with Crippen molar-refractivity contribution in [1.82, 2.24) is 0 Å². The average Bonchev–Trinajstić information content (AvgIpc) is 2.23. The lowest BCUT2D eigenvalue weighted by Crippen LogP contribution is -2.28. The van der Waals surface area contributed by atoms with E-state index in [4.69, 9.17) is 14.0 Å². The summed E-state index contributed by atoms with van der Waals surface area (Å²) in [7, 11) is -0.485. The maximum atomic E-state index is 5.46. The van der Waals surface area contributed by atoms with Gasteiger partial charge in [-0.25, -0.2) is 0 Å². The van der Waals surface area contributed by atoms with Gasteiger partial charge in [-0.05, 0) is 31.9 Å². The number of thioether (sulfide) groups is 1. The maximum Gasteiger partial charge on any atom is 0.639 e. The molecule has 0 radical (unpaired) electrons. The zero-order chi connectivity index (χ0) is 12.2. The van der Waals surface area contributed by atoms with Crippen LogP contribution in [0.3, 0.4) is 0 Å². The first-order valence-corrected chi connectivity index (χ1v) is 7.28. The molecule has 0 aromatic rings. The minimum atomic E-state index is -0.485. The molecule has 0 atom stereocenters. The Kier molecular flexibility index (Phi) is 12.0. The molecule has 0 unspecified atom stereocenters. The molecule has 0 bridgehead atoms. The van der Waals surface area contributed by atoms with Crippen molar-refractivity contribution in [2.45, 2.75) is 34.1 Å². The van der Waals surface area contributed by atoms with Gasteiger partial charge >= 0.3 is 7.32 Å². The third-order valence-corrected chi connectivity index (χ3v) is 2.91. The van der Waals surface area contributed by atoms with Gasteiger partial charge in [-0.3, -0.25) is 0 Å². The molecule has 0 aromatic heterocycles. The van der Waals surface area contributed by atoms with Crippen LogP contribution in [0.5, 0.6) is 0 Å². The molecule has 3 nitrogen and oxygen atoms in total. The quantitative estimate of drug-likeness (QED) is 0.415. The van der Waals surface area contributed by atoms with E-state index in [0.717, 1.165) is 11.7 Å². The fraction of sp³-hybridized carbons (Fsp3) is 1.00. The summed E-state index contributed by atoms with van der Waals surface area (Å²) in [6.45, 7) is 10.3. The van der Waals surface area contributed by atoms with Crippen LogP contribution in [0.4, 0.5) is 0 Å². The molecular weight excluding hydrogens is 223 g/mol. The van der Waals surface area contributed by atoms with E-state index in [0.29, 0.717) is 19.8 Å². The molecular formula is C11H25BO3S. The maximum absolute atomic E-state index is 5.46. The molecule has 5 heteroatoms. The standard InChI is InChI=1S/C11H25BO3S/c1-5-13-12(14-6-2)15-8-10-16-9-7-11(3)4/h11H,5-10H2,1-4H3. The summed E-state index contributed by atoms with van der Waals surface area (Å²) < 4.78 is 16.0. The van der Waals surface area contributed by atoms with Gasteiger partial charge in [0.1, 0.15) is 0 Å². The summed E-state index contributed by atoms with van der Waals surface area (Å²) in [6, 6.07) is 0. The summed E-state index contributed by atoms with van der Waals surface area (Å²) in [5.41, 5.74) is 0. The van der Waals surface area contributed by atoms with Crippen molar-refractivity contribution in [3.05, 3.63) is 0 Å². The molecule has 0 heterocycles. The second kappa shape index (κ2) is 11.8. The number of hydrogen-bond donors (Lipinski definition) is 0. The van der Waals surface area contributed by atoms with Crippen molar-refractivity contribution in [2.24, 2.45) is 5.92 Å². The van der Waals surface area contributed by atoms with Crippen LogP contribution in [0, 0.1) is 5.92 Å². The Balaban J connectivity index is 3.32. The highest BCUT2D eigenvalue weighted by Gasteiger charge is 2.18. The van der Waals surface area contributed by atoms with Gasteiger partial charge in [0, 0.05) is 25.6 Å². The Bertz CT molecular complexity index is 141. The van der Waals surface area contributed by atoms with Gasteiger partial charge in [-0.1, -0.05) is 13.8 Å². The van der Waals surface area contributed by atoms with Crippen molar-refractivity contribution >= 4 is 19.1 Å². The van der Waals surface area contributed by atoms with E-state index >= 15 is 0 Å². The highest BCUT2D eigenvalue weighted by atomic mass is 32.2. The second-order valence-corrected chi connectivity index (χ2v) is 5.09. The molecule has 0 aliphatic heterocycles. The topological polar surface area (TPSA) is 27.7 Å². The van der Waals surface area contributed by atoms with Crippen LogP contribution in [0.25, 0.3) is 0 Å². The fourth-order valence-electron chi connectivity index (χ4n) is 1.04. The molecule has 0 aromatic carbocycles. The largest absolute Gasteiger partial charge is 0.639 e. The summed E-state index contributed by atoms with van der Waals surface area (Å²) >= 11 is 1.92. The SMILES string of the molecule is CCOB(OCC)OCCSCCC(C)C. The first-order chi connectivity index (χ1) is 7.70. The lowest BCUT2D eigenvalue weighted by Gasteiger charge is -2.12. The number of rotatable bonds is 11. The van der Waals surface area contributed by atoms with Crippen LogP contribution in [-0.2, 0) is 14.0 Å². The molecule has 0 saturated carbocycles. The van der Waals surface area contributed by atoms with Crippen LogP contribution in [0.15, 0.2) is 0 Å². The third kappa shape index (κ3) is 10.8. The Morgan fingerprint density at radius 3 is 2.12 bits per heavy atom. The molecule has 0 spiro atoms. The molecule has 0 N–H and O–H groups in total. The predicted octanol–water partition coefficient (Wildman–Crippen LogP) is 2.84. The summed E-state index contributed by atoms with van der Waals surface area (Å²) in [6.07, 6.45) is 1.27. The molecule has 0 fully saturated rings. The predicted molar refractivity (Wildman–Crippen MR) is 71.7 cm³/mol. The van der Waals surface area contributed by atoms with Gasteiger partial charge in [0.2, 0.25) is 0 Å². The van der Waals surface area contributed by atoms with Gasteiger partial charge in [-0.15, -0.1) is 0 Å². The lowest BCUT2D eigenvalue weighted by atomic mass is 10.2. The van der Waals surface area contributed by atoms with E-state index < -0.39 is 7.32 Å². The lowest BCUT2D eigenvalue weighted by molar-refractivity contribution is 0.108. The van der Waals surface area contributed by atoms with Crippen molar-refractivity contribution in [2.75, 3.05) is 31.3 Å². The first-order valence-electron chi connectivity index (χ1n) is 6.13. The fourth-order valence-corrected chi connectivity index (χ4v) is 2.10. The molecule has 0 amide bonds. The van der Waals surface area contributed by atoms with Crippen molar-refractivity contribution in [3.8, 4) is 0 Å². The highest BCUT2D eigenvalue weighted by molar-refractivity contribution is 7.99. The van der Waals surface area contributed by atoms with E-state index in [1.54, 1.807) is 0 Å². The van der Waals surface area contributed by atoms with Crippen LogP contribution in [0.2, 0.25) is 0 Å². The van der Waals surface area contributed by atoms with E-state index in [2.05, 4.69) is 13.8 Å². The van der Waals surface area contributed by atoms with Gasteiger partial charge < -0.3 is 14.0 Å². The summed E-state index contributed by atoms with van der Waals surface area (Å²) in [5, 5.41) is 0. The summed E-state index contributed by atoms with van der Waals surface area (Å²) in [5.74, 6) is 2.99. The van der Waals surface area contributed by atoms with Crippen molar-refractivity contribution in [1.29, 1.82) is 0 Å². The minimum Gasteiger partial charge on any atom is -0.386 e. The Morgan fingerprint density at radius 2 is 1.62 bits per heavy atom. The second-order valence-electron chi connectivity index (χ2n) is 3.87. The first kappa shape index (κ1) is 16.3. The van der Waals surface area contributed by atoms with Crippen LogP contribution in [0.1, 0.15) is 34.1 Å². The zero-order valence-corrected chi connectivity index (χ0v) is 11.8. The molecule has 0 rings (SSSR count). The Hall–Kier alpha value is 0.295. The van der Waals surface area contributed by atoms with Gasteiger partial charge in [0.05, 0.1) is 0 Å². The van der Waals surface area contributed by atoms with Gasteiger partial charge in [0.25, 0.3) is 0 Å². The zero-order valence-electron chi connectivity index (χ0n) is 11.0. The van der Waals surface area contributed by atoms with Gasteiger partial charge in [-0.2, -0.15) is 11.8 Å². The molecule has 0 aliphatic rings. The minimum absolute atomic E-state index is 0.485. The van der Waals surface area contributed by atoms with E-state index in [9.17, 15) is 0 Å². The highest BCUT2D eigenvalue weighted by Crippen LogP contribution is 2.08. The van der Waals surface area contributed by atoms with Crippen LogP contribution in [-0.4, -0.2) is 38.6 Å². The molecule has 0 saturated heterocycles. The normalized spacial score (nSPS) is 11.1. The molecule has 16 heavy (non-hydrogen) atoms. The van der Waals surface area contributed by atoms with Crippen LogP contribution >= 0.6 is 11.8 Å². The molecule has 0 aliphatic carbocycles. The smallest absolute Gasteiger partial charge is 0.386 e.